The van der Waals surface area contributed by atoms with E-state index in [1.165, 1.54) is 6.07 Å². The van der Waals surface area contributed by atoms with Gasteiger partial charge in [-0.05, 0) is 76.1 Å². The van der Waals surface area contributed by atoms with Crippen molar-refractivity contribution in [1.82, 2.24) is 0 Å². The van der Waals surface area contributed by atoms with Crippen LogP contribution in [-0.4, -0.2) is 38.3 Å². The molecular weight excluding hydrogens is 614 g/mol. The van der Waals surface area contributed by atoms with E-state index in [2.05, 4.69) is 32.9 Å². The van der Waals surface area contributed by atoms with Crippen molar-refractivity contribution in [3.63, 3.8) is 0 Å². The molecule has 0 saturated carbocycles. The van der Waals surface area contributed by atoms with E-state index in [9.17, 15) is 18.9 Å². The van der Waals surface area contributed by atoms with E-state index >= 15 is 0 Å². The van der Waals surface area contributed by atoms with E-state index in [1.807, 2.05) is 92.7 Å². The fourth-order valence-electron chi connectivity index (χ4n) is 6.09. The summed E-state index contributed by atoms with van der Waals surface area (Å²) in [6, 6.07) is 29.2. The molecule has 0 radical (unpaired) electrons. The van der Waals surface area contributed by atoms with E-state index in [0.717, 1.165) is 38.2 Å². The third kappa shape index (κ3) is 8.40. The normalized spacial score (nSPS) is 13.5. The molecular formula is C38H44FO5PSi. The molecule has 0 saturated heterocycles. The van der Waals surface area contributed by atoms with Gasteiger partial charge in [0.15, 0.2) is 8.03 Å². The van der Waals surface area contributed by atoms with Gasteiger partial charge in [-0.2, -0.15) is 0 Å². The second-order valence-electron chi connectivity index (χ2n) is 12.8. The first kappa shape index (κ1) is 35.2. The number of hydrogen-bond donors (Lipinski definition) is 1. The van der Waals surface area contributed by atoms with Crippen molar-refractivity contribution in [2.24, 2.45) is 0 Å². The molecule has 0 aliphatic heterocycles. The van der Waals surface area contributed by atoms with Crippen LogP contribution in [0.1, 0.15) is 49.4 Å². The summed E-state index contributed by atoms with van der Waals surface area (Å²) in [5.41, 5.74) is 5.59. The van der Waals surface area contributed by atoms with Crippen molar-refractivity contribution in [3.05, 3.63) is 125 Å². The van der Waals surface area contributed by atoms with Crippen LogP contribution >= 0.6 is 8.03 Å². The van der Waals surface area contributed by atoms with Gasteiger partial charge >= 0.3 is 5.97 Å². The maximum atomic E-state index is 14.0. The van der Waals surface area contributed by atoms with Crippen molar-refractivity contribution in [2.75, 3.05) is 12.8 Å². The fraction of sp³-hybridized carbons (Fsp3) is 0.289. The summed E-state index contributed by atoms with van der Waals surface area (Å²) in [4.78, 5) is 12.0. The largest absolute Gasteiger partial charge is 0.481 e. The molecule has 0 spiro atoms. The Labute approximate surface area is 274 Å². The molecule has 0 amide bonds. The lowest BCUT2D eigenvalue weighted by Crippen LogP contribution is -2.68. The minimum Gasteiger partial charge on any atom is -0.481 e. The Hall–Kier alpha value is -3.61. The Morgan fingerprint density at radius 2 is 1.52 bits per heavy atom. The topological polar surface area (TPSA) is 72.8 Å². The Kier molecular flexibility index (Phi) is 11.7. The SMILES string of the molecule is Cc1cc(C)c(C=CCO[PH](=O)CC(CC(=O)O)O[Si](c2ccccc2)(c2ccccc2)C(C)(C)C)c(-c2ccc(F)c(C)c2)c1. The summed E-state index contributed by atoms with van der Waals surface area (Å²) in [5, 5.41) is 11.5. The molecule has 4 aromatic rings. The molecule has 0 heterocycles. The minimum atomic E-state index is -3.06. The number of carboxylic acid groups (broad SMARTS) is 1. The summed E-state index contributed by atoms with van der Waals surface area (Å²) in [6.07, 6.45) is 2.63. The second-order valence-corrected chi connectivity index (χ2v) is 18.5. The lowest BCUT2D eigenvalue weighted by Gasteiger charge is -2.45. The van der Waals surface area contributed by atoms with Crippen molar-refractivity contribution in [1.29, 1.82) is 0 Å². The molecule has 0 aromatic heterocycles. The smallest absolute Gasteiger partial charge is 0.305 e. The molecule has 0 fully saturated rings. The number of benzene rings is 4. The van der Waals surface area contributed by atoms with Gasteiger partial charge in [-0.1, -0.05) is 117 Å². The van der Waals surface area contributed by atoms with Crippen molar-refractivity contribution in [2.45, 2.75) is 59.1 Å². The number of aliphatic carboxylic acids is 1. The van der Waals surface area contributed by atoms with Gasteiger partial charge in [0.1, 0.15) is 5.82 Å². The predicted octanol–water partition coefficient (Wildman–Crippen LogP) is 8.34. The molecule has 5 nitrogen and oxygen atoms in total. The first-order valence-corrected chi connectivity index (χ1v) is 19.0. The summed E-state index contributed by atoms with van der Waals surface area (Å²) in [6.45, 7) is 12.2. The average molecular weight is 659 g/mol. The highest BCUT2D eigenvalue weighted by atomic mass is 31.1. The molecule has 1 N–H and O–H groups in total. The fourth-order valence-corrected chi connectivity index (χ4v) is 11.9. The van der Waals surface area contributed by atoms with Crippen LogP contribution in [0, 0.1) is 26.6 Å². The summed E-state index contributed by atoms with van der Waals surface area (Å²) < 4.78 is 40.1. The molecule has 2 unspecified atom stereocenters. The van der Waals surface area contributed by atoms with Crippen LogP contribution in [0.5, 0.6) is 0 Å². The van der Waals surface area contributed by atoms with Gasteiger partial charge in [0.05, 0.1) is 19.1 Å². The number of halogens is 1. The predicted molar refractivity (Wildman–Crippen MR) is 190 cm³/mol. The first-order chi connectivity index (χ1) is 21.8. The van der Waals surface area contributed by atoms with Crippen LogP contribution in [0.4, 0.5) is 4.39 Å². The number of carbonyl (C=O) groups is 1. The minimum absolute atomic E-state index is 0.0149. The maximum Gasteiger partial charge on any atom is 0.305 e. The number of carboxylic acids is 1. The van der Waals surface area contributed by atoms with Crippen LogP contribution in [0.3, 0.4) is 0 Å². The van der Waals surface area contributed by atoms with Gasteiger partial charge in [-0.3, -0.25) is 9.36 Å². The lowest BCUT2D eigenvalue weighted by atomic mass is 9.92. The quantitative estimate of drug-likeness (QED) is 0.116. The van der Waals surface area contributed by atoms with Gasteiger partial charge in [-0.25, -0.2) is 4.39 Å². The van der Waals surface area contributed by atoms with Gasteiger partial charge in [0.2, 0.25) is 0 Å². The Bertz CT molecular complexity index is 1660. The third-order valence-electron chi connectivity index (χ3n) is 8.18. The number of aryl methyl sites for hydroxylation is 3. The van der Waals surface area contributed by atoms with Gasteiger partial charge in [-0.15, -0.1) is 0 Å². The zero-order valence-corrected chi connectivity index (χ0v) is 29.5. The molecule has 0 aliphatic carbocycles. The number of rotatable bonds is 13. The van der Waals surface area contributed by atoms with Crippen LogP contribution < -0.4 is 10.4 Å². The Balaban J connectivity index is 1.56. The lowest BCUT2D eigenvalue weighted by molar-refractivity contribution is -0.138. The Morgan fingerprint density at radius 3 is 2.07 bits per heavy atom. The van der Waals surface area contributed by atoms with E-state index in [0.29, 0.717) is 5.56 Å². The van der Waals surface area contributed by atoms with E-state index in [-0.39, 0.29) is 30.0 Å². The zero-order valence-electron chi connectivity index (χ0n) is 27.5. The molecule has 8 heteroatoms. The molecule has 242 valence electrons. The first-order valence-electron chi connectivity index (χ1n) is 15.5. The van der Waals surface area contributed by atoms with Crippen molar-refractivity contribution in [3.8, 4) is 11.1 Å². The highest BCUT2D eigenvalue weighted by Gasteiger charge is 2.51. The summed E-state index contributed by atoms with van der Waals surface area (Å²) >= 11 is 0. The molecule has 46 heavy (non-hydrogen) atoms. The second kappa shape index (κ2) is 15.3. The number of hydrogen-bond acceptors (Lipinski definition) is 4. The van der Waals surface area contributed by atoms with Crippen molar-refractivity contribution < 1.29 is 27.8 Å². The van der Waals surface area contributed by atoms with Crippen LogP contribution in [-0.2, 0) is 18.3 Å². The highest BCUT2D eigenvalue weighted by Crippen LogP contribution is 2.39. The summed E-state index contributed by atoms with van der Waals surface area (Å²) in [5.74, 6) is -1.26. The van der Waals surface area contributed by atoms with Crippen molar-refractivity contribution >= 4 is 38.8 Å². The average Bonchev–Trinajstić information content (AvgIpc) is 3.00. The zero-order chi connectivity index (χ0) is 33.5. The van der Waals surface area contributed by atoms with Crippen LogP contribution in [0.2, 0.25) is 5.04 Å². The molecule has 4 rings (SSSR count). The highest BCUT2D eigenvalue weighted by molar-refractivity contribution is 7.39. The monoisotopic (exact) mass is 658 g/mol. The van der Waals surface area contributed by atoms with Gasteiger partial charge in [0.25, 0.3) is 8.32 Å². The van der Waals surface area contributed by atoms with E-state index < -0.39 is 28.4 Å². The van der Waals surface area contributed by atoms with Gasteiger partial charge < -0.3 is 14.1 Å². The molecule has 0 bridgehead atoms. The van der Waals surface area contributed by atoms with E-state index in [1.54, 1.807) is 13.0 Å². The van der Waals surface area contributed by atoms with Gasteiger partial charge in [0, 0.05) is 6.16 Å². The third-order valence-corrected chi connectivity index (χ3v) is 14.6. The Morgan fingerprint density at radius 1 is 0.913 bits per heavy atom. The molecule has 4 aromatic carbocycles. The molecule has 2 atom stereocenters. The summed E-state index contributed by atoms with van der Waals surface area (Å²) in [7, 11) is -5.73. The standard InChI is InChI=1S/C38H44FO5PSi/c1-27-22-28(2)34(35(23-27)30-19-20-36(39)29(3)24-30)18-13-21-43-45(42)26-31(25-37(40)41)44-46(38(4,5)6,32-14-9-7-10-15-32)33-16-11-8-12-17-33/h7-20,22-24,31,45H,21,25-26H2,1-6H3,(H,40,41). The molecule has 0 aliphatic rings. The van der Waals surface area contributed by atoms with Crippen LogP contribution in [0.25, 0.3) is 17.2 Å². The van der Waals surface area contributed by atoms with Crippen LogP contribution in [0.15, 0.2) is 97.1 Å². The van der Waals surface area contributed by atoms with E-state index in [4.69, 9.17) is 8.95 Å². The maximum absolute atomic E-state index is 14.0.